The third kappa shape index (κ3) is 4.21. The zero-order valence-corrected chi connectivity index (χ0v) is 11.9. The summed E-state index contributed by atoms with van der Waals surface area (Å²) >= 11 is 10.7. The van der Waals surface area contributed by atoms with Gasteiger partial charge in [-0.2, -0.15) is 0 Å². The molecule has 0 atom stereocenters. The molecular weight excluding hydrogens is 287 g/mol. The van der Waals surface area contributed by atoms with E-state index in [9.17, 15) is 4.55 Å². The Hall–Kier alpha value is -0.670. The van der Waals surface area contributed by atoms with Gasteiger partial charge in [0.25, 0.3) is 0 Å². The van der Waals surface area contributed by atoms with Crippen molar-refractivity contribution in [1.82, 2.24) is 0 Å². The van der Waals surface area contributed by atoms with Crippen molar-refractivity contribution in [2.75, 3.05) is 0 Å². The Balaban J connectivity index is 1.94. The molecule has 0 spiro atoms. The monoisotopic (exact) mass is 298 g/mol. The van der Waals surface area contributed by atoms with E-state index in [2.05, 4.69) is 0 Å². The Labute approximate surface area is 120 Å². The molecule has 0 aliphatic carbocycles. The Morgan fingerprint density at radius 3 is 1.39 bits per heavy atom. The SMILES string of the molecule is [O-][S+](Cc1ccc(Cl)cc1)Cc1ccc(Cl)cc1. The molecule has 1 nitrogen and oxygen atoms in total. The third-order valence-electron chi connectivity index (χ3n) is 2.48. The number of rotatable bonds is 4. The second-order valence-electron chi connectivity index (χ2n) is 3.98. The molecule has 0 aliphatic rings. The predicted octanol–water partition coefficient (Wildman–Crippen LogP) is 4.44. The zero-order valence-electron chi connectivity index (χ0n) is 9.61. The molecular formula is C14H12Cl2OS. The standard InChI is InChI=1S/C14H12Cl2OS/c15-13-5-1-11(2-6-13)9-18(17)10-12-3-7-14(16)8-4-12/h1-8H,9-10H2. The molecule has 94 valence electrons. The van der Waals surface area contributed by atoms with Crippen molar-refractivity contribution in [1.29, 1.82) is 0 Å². The van der Waals surface area contributed by atoms with Gasteiger partial charge in [0.05, 0.1) is 0 Å². The molecule has 0 aliphatic heterocycles. The fraction of sp³-hybridized carbons (Fsp3) is 0.143. The lowest BCUT2D eigenvalue weighted by molar-refractivity contribution is 0.593. The van der Waals surface area contributed by atoms with Crippen LogP contribution in [0.4, 0.5) is 0 Å². The van der Waals surface area contributed by atoms with Crippen molar-refractivity contribution in [2.45, 2.75) is 11.5 Å². The summed E-state index contributed by atoms with van der Waals surface area (Å²) in [6.07, 6.45) is 0. The quantitative estimate of drug-likeness (QED) is 0.765. The Bertz CT molecular complexity index is 449. The van der Waals surface area contributed by atoms with Crippen LogP contribution in [0.1, 0.15) is 11.1 Å². The van der Waals surface area contributed by atoms with Gasteiger partial charge in [0, 0.05) is 21.2 Å². The molecule has 0 N–H and O–H groups in total. The van der Waals surface area contributed by atoms with Crippen molar-refractivity contribution >= 4 is 34.4 Å². The first-order valence-corrected chi connectivity index (χ1v) is 7.72. The summed E-state index contributed by atoms with van der Waals surface area (Å²) in [4.78, 5) is 0. The van der Waals surface area contributed by atoms with Crippen LogP contribution in [0.15, 0.2) is 48.5 Å². The van der Waals surface area contributed by atoms with E-state index in [-0.39, 0.29) is 0 Å². The summed E-state index contributed by atoms with van der Waals surface area (Å²) in [7, 11) is 0. The van der Waals surface area contributed by atoms with Gasteiger partial charge >= 0.3 is 0 Å². The maximum Gasteiger partial charge on any atom is 0.131 e. The molecule has 0 unspecified atom stereocenters. The summed E-state index contributed by atoms with van der Waals surface area (Å²) in [6, 6.07) is 14.9. The minimum atomic E-state index is -0.921. The van der Waals surface area contributed by atoms with Crippen molar-refractivity contribution < 1.29 is 4.55 Å². The van der Waals surface area contributed by atoms with Crippen LogP contribution < -0.4 is 0 Å². The molecule has 0 aromatic heterocycles. The lowest BCUT2D eigenvalue weighted by Crippen LogP contribution is -2.07. The molecule has 0 fully saturated rings. The average molecular weight is 299 g/mol. The van der Waals surface area contributed by atoms with E-state index in [1.54, 1.807) is 0 Å². The van der Waals surface area contributed by atoms with Crippen LogP contribution in [0.5, 0.6) is 0 Å². The van der Waals surface area contributed by atoms with Crippen LogP contribution >= 0.6 is 23.2 Å². The second-order valence-corrected chi connectivity index (χ2v) is 6.31. The average Bonchev–Trinajstić information content (AvgIpc) is 2.35. The molecule has 2 rings (SSSR count). The minimum absolute atomic E-state index is 0.541. The van der Waals surface area contributed by atoms with Gasteiger partial charge in [-0.15, -0.1) is 0 Å². The van der Waals surface area contributed by atoms with Gasteiger partial charge in [-0.25, -0.2) is 0 Å². The first-order valence-electron chi connectivity index (χ1n) is 5.47. The van der Waals surface area contributed by atoms with E-state index < -0.39 is 11.2 Å². The fourth-order valence-electron chi connectivity index (χ4n) is 1.58. The van der Waals surface area contributed by atoms with E-state index in [4.69, 9.17) is 23.2 Å². The van der Waals surface area contributed by atoms with Crippen molar-refractivity contribution in [3.63, 3.8) is 0 Å². The first-order chi connectivity index (χ1) is 8.63. The highest BCUT2D eigenvalue weighted by atomic mass is 35.5. The van der Waals surface area contributed by atoms with Gasteiger partial charge in [-0.05, 0) is 35.4 Å². The molecule has 0 heterocycles. The van der Waals surface area contributed by atoms with Crippen LogP contribution in [0, 0.1) is 0 Å². The van der Waals surface area contributed by atoms with E-state index in [1.165, 1.54) is 0 Å². The zero-order chi connectivity index (χ0) is 13.0. The largest absolute Gasteiger partial charge is 0.616 e. The summed E-state index contributed by atoms with van der Waals surface area (Å²) in [6.45, 7) is 0. The van der Waals surface area contributed by atoms with Gasteiger partial charge in [-0.1, -0.05) is 47.5 Å². The first kappa shape index (κ1) is 13.8. The molecule has 2 aromatic rings. The van der Waals surface area contributed by atoms with Gasteiger partial charge < -0.3 is 4.55 Å². The van der Waals surface area contributed by atoms with Crippen LogP contribution in [-0.4, -0.2) is 4.55 Å². The molecule has 18 heavy (non-hydrogen) atoms. The van der Waals surface area contributed by atoms with E-state index >= 15 is 0 Å². The van der Waals surface area contributed by atoms with Gasteiger partial charge in [-0.3, -0.25) is 0 Å². The topological polar surface area (TPSA) is 23.1 Å². The van der Waals surface area contributed by atoms with Crippen LogP contribution in [0.2, 0.25) is 10.0 Å². The van der Waals surface area contributed by atoms with Gasteiger partial charge in [0.2, 0.25) is 0 Å². The normalized spacial score (nSPS) is 10.9. The number of hydrogen-bond acceptors (Lipinski definition) is 1. The molecule has 0 amide bonds. The molecule has 0 saturated carbocycles. The molecule has 0 radical (unpaired) electrons. The summed E-state index contributed by atoms with van der Waals surface area (Å²) in [5, 5.41) is 1.39. The lowest BCUT2D eigenvalue weighted by atomic mass is 10.2. The third-order valence-corrected chi connectivity index (χ3v) is 4.30. The number of hydrogen-bond donors (Lipinski definition) is 0. The summed E-state index contributed by atoms with van der Waals surface area (Å²) in [5.41, 5.74) is 2.07. The van der Waals surface area contributed by atoms with Crippen molar-refractivity contribution in [3.8, 4) is 0 Å². The maximum atomic E-state index is 12.0. The van der Waals surface area contributed by atoms with Crippen LogP contribution in [0.3, 0.4) is 0 Å². The van der Waals surface area contributed by atoms with Crippen LogP contribution in [0.25, 0.3) is 0 Å². The highest BCUT2D eigenvalue weighted by Crippen LogP contribution is 2.16. The smallest absolute Gasteiger partial charge is 0.131 e. The Morgan fingerprint density at radius 2 is 1.06 bits per heavy atom. The number of halogens is 2. The van der Waals surface area contributed by atoms with E-state index in [1.807, 2.05) is 48.5 Å². The van der Waals surface area contributed by atoms with Gasteiger partial charge in [0.1, 0.15) is 11.5 Å². The van der Waals surface area contributed by atoms with Crippen LogP contribution in [-0.2, 0) is 22.7 Å². The predicted molar refractivity (Wildman–Crippen MR) is 78.5 cm³/mol. The highest BCUT2D eigenvalue weighted by Gasteiger charge is 2.09. The Kier molecular flexibility index (Phi) is 4.95. The van der Waals surface area contributed by atoms with E-state index in [0.717, 1.165) is 11.1 Å². The minimum Gasteiger partial charge on any atom is -0.616 e. The van der Waals surface area contributed by atoms with Crippen molar-refractivity contribution in [2.24, 2.45) is 0 Å². The molecule has 0 bridgehead atoms. The maximum absolute atomic E-state index is 12.0. The highest BCUT2D eigenvalue weighted by molar-refractivity contribution is 7.89. The number of benzene rings is 2. The summed E-state index contributed by atoms with van der Waals surface area (Å²) in [5.74, 6) is 1.08. The molecule has 0 saturated heterocycles. The lowest BCUT2D eigenvalue weighted by Gasteiger charge is -2.11. The summed E-state index contributed by atoms with van der Waals surface area (Å²) < 4.78 is 12.0. The molecule has 2 aromatic carbocycles. The Morgan fingerprint density at radius 1 is 0.722 bits per heavy atom. The van der Waals surface area contributed by atoms with E-state index in [0.29, 0.717) is 21.6 Å². The van der Waals surface area contributed by atoms with Gasteiger partial charge in [0.15, 0.2) is 0 Å². The molecule has 4 heteroatoms. The fourth-order valence-corrected chi connectivity index (χ4v) is 3.07. The van der Waals surface area contributed by atoms with Crippen molar-refractivity contribution in [3.05, 3.63) is 69.7 Å². The second kappa shape index (κ2) is 6.48.